The van der Waals surface area contributed by atoms with Gasteiger partial charge in [-0.3, -0.25) is 14.4 Å². The van der Waals surface area contributed by atoms with E-state index in [1.807, 2.05) is 20.8 Å². The number of carbonyl (C=O) groups excluding carboxylic acids is 3. The Bertz CT molecular complexity index is 587. The maximum Gasteiger partial charge on any atom is 0.257 e. The molecule has 0 spiro atoms. The van der Waals surface area contributed by atoms with Crippen molar-refractivity contribution in [2.24, 2.45) is 11.7 Å². The third kappa shape index (κ3) is 7.67. The molecule has 3 amide bonds. The van der Waals surface area contributed by atoms with Gasteiger partial charge in [0.05, 0.1) is 12.6 Å². The minimum absolute atomic E-state index is 0.00462. The third-order valence-electron chi connectivity index (χ3n) is 3.33. The lowest BCUT2D eigenvalue weighted by Crippen LogP contribution is -2.46. The maximum absolute atomic E-state index is 11.8. The molecule has 0 aliphatic rings. The van der Waals surface area contributed by atoms with E-state index in [-0.39, 0.29) is 36.8 Å². The van der Waals surface area contributed by atoms with Crippen LogP contribution < -0.4 is 26.4 Å². The van der Waals surface area contributed by atoms with E-state index in [4.69, 9.17) is 10.5 Å². The molecule has 0 fully saturated rings. The van der Waals surface area contributed by atoms with Crippen LogP contribution in [0.5, 0.6) is 5.75 Å². The van der Waals surface area contributed by atoms with E-state index in [0.717, 1.165) is 0 Å². The number of carbonyl (C=O) groups is 3. The van der Waals surface area contributed by atoms with Crippen molar-refractivity contribution >= 4 is 23.4 Å². The van der Waals surface area contributed by atoms with Crippen molar-refractivity contribution in [3.05, 3.63) is 24.3 Å². The molecule has 0 radical (unpaired) electrons. The monoisotopic (exact) mass is 350 g/mol. The molecule has 0 saturated carbocycles. The summed E-state index contributed by atoms with van der Waals surface area (Å²) in [5.74, 6) is -0.412. The van der Waals surface area contributed by atoms with Gasteiger partial charge in [0.25, 0.3) is 5.91 Å². The molecule has 1 aromatic rings. The number of hydrogen-bond donors (Lipinski definition) is 4. The van der Waals surface area contributed by atoms with Crippen molar-refractivity contribution in [3.63, 3.8) is 0 Å². The molecule has 1 aromatic carbocycles. The van der Waals surface area contributed by atoms with Gasteiger partial charge in [0.2, 0.25) is 11.8 Å². The van der Waals surface area contributed by atoms with Crippen LogP contribution in [0, 0.1) is 5.92 Å². The zero-order valence-electron chi connectivity index (χ0n) is 14.8. The highest BCUT2D eigenvalue weighted by Crippen LogP contribution is 2.15. The quantitative estimate of drug-likeness (QED) is 0.508. The summed E-state index contributed by atoms with van der Waals surface area (Å²) in [6.07, 6.45) is 0. The number of nitrogens with one attached hydrogen (secondary N) is 3. The van der Waals surface area contributed by atoms with Gasteiger partial charge in [0.1, 0.15) is 5.75 Å². The lowest BCUT2D eigenvalue weighted by molar-refractivity contribution is -0.125. The second-order valence-electron chi connectivity index (χ2n) is 5.80. The van der Waals surface area contributed by atoms with Crippen LogP contribution in [-0.4, -0.2) is 43.5 Å². The first kappa shape index (κ1) is 20.4. The van der Waals surface area contributed by atoms with Gasteiger partial charge in [-0.25, -0.2) is 0 Å². The standard InChI is InChI=1S/C17H26N4O4/c1-4-19-15(23)10-25-13-7-5-12(6-8-13)21-14(22)9-20-17(24)16(18)11(2)3/h5-8,11,16H,4,9-10,18H2,1-3H3,(H,19,23)(H,20,24)(H,21,22)/t16-/m0/s1. The summed E-state index contributed by atoms with van der Waals surface area (Å²) in [6, 6.07) is 5.93. The molecule has 1 rings (SSSR count). The number of benzene rings is 1. The van der Waals surface area contributed by atoms with E-state index in [9.17, 15) is 14.4 Å². The normalized spacial score (nSPS) is 11.6. The molecule has 0 unspecified atom stereocenters. The summed E-state index contributed by atoms with van der Waals surface area (Å²) in [7, 11) is 0. The molecule has 0 aliphatic carbocycles. The SMILES string of the molecule is CCNC(=O)COc1ccc(NC(=O)CNC(=O)[C@@H](N)C(C)C)cc1. The molecule has 1 atom stereocenters. The minimum Gasteiger partial charge on any atom is -0.484 e. The van der Waals surface area contributed by atoms with Crippen LogP contribution in [0.4, 0.5) is 5.69 Å². The van der Waals surface area contributed by atoms with E-state index in [1.165, 1.54) is 0 Å². The minimum atomic E-state index is -0.644. The molecular weight excluding hydrogens is 324 g/mol. The second kappa shape index (κ2) is 10.3. The molecule has 25 heavy (non-hydrogen) atoms. The molecule has 0 aromatic heterocycles. The van der Waals surface area contributed by atoms with E-state index in [2.05, 4.69) is 16.0 Å². The summed E-state index contributed by atoms with van der Waals surface area (Å²) in [5, 5.41) is 7.77. The van der Waals surface area contributed by atoms with Crippen LogP contribution in [-0.2, 0) is 14.4 Å². The van der Waals surface area contributed by atoms with Gasteiger partial charge in [-0.15, -0.1) is 0 Å². The number of ether oxygens (including phenoxy) is 1. The fourth-order valence-electron chi connectivity index (χ4n) is 1.82. The van der Waals surface area contributed by atoms with Crippen LogP contribution in [0.3, 0.4) is 0 Å². The van der Waals surface area contributed by atoms with Crippen molar-refractivity contribution < 1.29 is 19.1 Å². The van der Waals surface area contributed by atoms with Crippen molar-refractivity contribution in [1.82, 2.24) is 10.6 Å². The topological polar surface area (TPSA) is 123 Å². The van der Waals surface area contributed by atoms with Crippen LogP contribution in [0.15, 0.2) is 24.3 Å². The Hall–Kier alpha value is -2.61. The molecule has 0 bridgehead atoms. The van der Waals surface area contributed by atoms with Gasteiger partial charge in [0, 0.05) is 12.2 Å². The largest absolute Gasteiger partial charge is 0.484 e. The molecule has 5 N–H and O–H groups in total. The molecule has 0 heterocycles. The summed E-state index contributed by atoms with van der Waals surface area (Å²) in [5.41, 5.74) is 6.25. The number of likely N-dealkylation sites (N-methyl/N-ethyl adjacent to an activating group) is 1. The van der Waals surface area contributed by atoms with Gasteiger partial charge in [-0.2, -0.15) is 0 Å². The molecule has 138 valence electrons. The van der Waals surface area contributed by atoms with Crippen molar-refractivity contribution in [1.29, 1.82) is 0 Å². The number of rotatable bonds is 9. The zero-order valence-corrected chi connectivity index (χ0v) is 14.8. The zero-order chi connectivity index (χ0) is 18.8. The molecule has 0 saturated heterocycles. The van der Waals surface area contributed by atoms with Crippen LogP contribution in [0.1, 0.15) is 20.8 Å². The van der Waals surface area contributed by atoms with E-state index < -0.39 is 6.04 Å². The van der Waals surface area contributed by atoms with Gasteiger partial charge in [0.15, 0.2) is 6.61 Å². The number of amides is 3. The predicted molar refractivity (Wildman–Crippen MR) is 95.1 cm³/mol. The first-order valence-electron chi connectivity index (χ1n) is 8.16. The summed E-state index contributed by atoms with van der Waals surface area (Å²) >= 11 is 0. The van der Waals surface area contributed by atoms with Gasteiger partial charge in [-0.1, -0.05) is 13.8 Å². The first-order valence-corrected chi connectivity index (χ1v) is 8.16. The highest BCUT2D eigenvalue weighted by molar-refractivity contribution is 5.95. The second-order valence-corrected chi connectivity index (χ2v) is 5.80. The summed E-state index contributed by atoms with van der Waals surface area (Å²) in [6.45, 7) is 5.82. The van der Waals surface area contributed by atoms with Crippen molar-refractivity contribution in [2.75, 3.05) is 25.0 Å². The Kier molecular flexibility index (Phi) is 8.42. The third-order valence-corrected chi connectivity index (χ3v) is 3.33. The lowest BCUT2D eigenvalue weighted by atomic mass is 10.1. The number of nitrogens with two attached hydrogens (primary N) is 1. The van der Waals surface area contributed by atoms with Crippen LogP contribution >= 0.6 is 0 Å². The van der Waals surface area contributed by atoms with Crippen LogP contribution in [0.25, 0.3) is 0 Å². The van der Waals surface area contributed by atoms with Gasteiger partial charge in [-0.05, 0) is 37.1 Å². The van der Waals surface area contributed by atoms with E-state index in [0.29, 0.717) is 18.0 Å². The van der Waals surface area contributed by atoms with Crippen molar-refractivity contribution in [3.8, 4) is 5.75 Å². The van der Waals surface area contributed by atoms with E-state index in [1.54, 1.807) is 24.3 Å². The highest BCUT2D eigenvalue weighted by Gasteiger charge is 2.17. The van der Waals surface area contributed by atoms with Crippen LogP contribution in [0.2, 0.25) is 0 Å². The fraction of sp³-hybridized carbons (Fsp3) is 0.471. The first-order chi connectivity index (χ1) is 11.8. The number of hydrogen-bond acceptors (Lipinski definition) is 5. The highest BCUT2D eigenvalue weighted by atomic mass is 16.5. The Labute approximate surface area is 147 Å². The van der Waals surface area contributed by atoms with E-state index >= 15 is 0 Å². The van der Waals surface area contributed by atoms with Gasteiger partial charge < -0.3 is 26.4 Å². The molecular formula is C17H26N4O4. The average Bonchev–Trinajstić information content (AvgIpc) is 2.58. The Morgan fingerprint density at radius 1 is 1.08 bits per heavy atom. The Morgan fingerprint density at radius 3 is 2.28 bits per heavy atom. The summed E-state index contributed by atoms with van der Waals surface area (Å²) in [4.78, 5) is 34.8. The smallest absolute Gasteiger partial charge is 0.257 e. The lowest BCUT2D eigenvalue weighted by Gasteiger charge is -2.15. The molecule has 8 nitrogen and oxygen atoms in total. The summed E-state index contributed by atoms with van der Waals surface area (Å²) < 4.78 is 5.31. The molecule has 8 heteroatoms. The maximum atomic E-state index is 11.8. The Balaban J connectivity index is 2.40. The Morgan fingerprint density at radius 2 is 1.72 bits per heavy atom. The molecule has 0 aliphatic heterocycles. The van der Waals surface area contributed by atoms with Gasteiger partial charge >= 0.3 is 0 Å². The fourth-order valence-corrected chi connectivity index (χ4v) is 1.82. The average molecular weight is 350 g/mol. The van der Waals surface area contributed by atoms with Crippen molar-refractivity contribution in [2.45, 2.75) is 26.8 Å². The predicted octanol–water partition coefficient (Wildman–Crippen LogP) is 0.240. The number of anilines is 1.